The molecule has 0 aliphatic carbocycles. The smallest absolute Gasteiger partial charge is 0.329 e. The number of carbonyl (C=O) groups excluding carboxylic acids is 2. The Bertz CT molecular complexity index is 1470. The molecule has 0 saturated carbocycles. The molecule has 2 aliphatic rings. The van der Waals surface area contributed by atoms with Crippen molar-refractivity contribution in [2.75, 3.05) is 13.6 Å². The summed E-state index contributed by atoms with van der Waals surface area (Å²) in [7, 11) is -2.72. The van der Waals surface area contributed by atoms with E-state index < -0.39 is 27.9 Å². The average molecular weight is 546 g/mol. The molecule has 12 heteroatoms. The third kappa shape index (κ3) is 3.76. The van der Waals surface area contributed by atoms with Crippen LogP contribution in [-0.4, -0.2) is 70.9 Å². The van der Waals surface area contributed by atoms with Crippen LogP contribution >= 0.6 is 15.9 Å². The van der Waals surface area contributed by atoms with E-state index in [0.717, 1.165) is 8.89 Å². The van der Waals surface area contributed by atoms with E-state index in [0.29, 0.717) is 29.9 Å². The molecule has 1 amide bonds. The van der Waals surface area contributed by atoms with Crippen molar-refractivity contribution in [2.45, 2.75) is 30.4 Å². The number of carbonyl (C=O) groups is 2. The molecule has 5 rings (SSSR count). The topological polar surface area (TPSA) is 114 Å². The fourth-order valence-electron chi connectivity index (χ4n) is 4.16. The van der Waals surface area contributed by atoms with Crippen LogP contribution in [0, 0.1) is 6.92 Å². The number of hydrazone groups is 1. The van der Waals surface area contributed by atoms with Crippen LogP contribution in [0.15, 0.2) is 57.2 Å². The molecule has 176 valence electrons. The van der Waals surface area contributed by atoms with Crippen molar-refractivity contribution in [3.8, 4) is 0 Å². The van der Waals surface area contributed by atoms with Gasteiger partial charge in [-0.2, -0.15) is 17.9 Å². The number of likely N-dealkylation sites (tertiary alicyclic amines) is 1. The van der Waals surface area contributed by atoms with Gasteiger partial charge >= 0.3 is 5.97 Å². The van der Waals surface area contributed by atoms with Crippen LogP contribution in [0.4, 0.5) is 0 Å². The summed E-state index contributed by atoms with van der Waals surface area (Å²) in [5.41, 5.74) is 1.94. The molecule has 2 fully saturated rings. The zero-order chi connectivity index (χ0) is 24.2. The highest BCUT2D eigenvalue weighted by Crippen LogP contribution is 2.31. The summed E-state index contributed by atoms with van der Waals surface area (Å²) >= 11 is 3.40. The molecular formula is C22H20BrN5O5S. The Morgan fingerprint density at radius 1 is 1.32 bits per heavy atom. The minimum Gasteiger partial charge on any atom is -0.459 e. The third-order valence-corrected chi connectivity index (χ3v) is 8.24. The van der Waals surface area contributed by atoms with Gasteiger partial charge in [0.05, 0.1) is 29.5 Å². The molecule has 2 saturated heterocycles. The average Bonchev–Trinajstić information content (AvgIpc) is 3.50. The zero-order valence-electron chi connectivity index (χ0n) is 18.3. The molecule has 0 unspecified atom stereocenters. The van der Waals surface area contributed by atoms with Gasteiger partial charge in [-0.3, -0.25) is 9.20 Å². The molecular weight excluding hydrogens is 526 g/mol. The van der Waals surface area contributed by atoms with E-state index in [1.807, 2.05) is 12.1 Å². The number of fused-ring (bicyclic) bond motifs is 3. The molecule has 0 spiro atoms. The maximum atomic E-state index is 13.3. The number of hydrogen-bond donors (Lipinski definition) is 0. The van der Waals surface area contributed by atoms with Gasteiger partial charge in [-0.05, 0) is 52.7 Å². The highest BCUT2D eigenvalue weighted by molar-refractivity contribution is 9.10. The minimum absolute atomic E-state index is 0.0363. The first-order valence-electron chi connectivity index (χ1n) is 10.4. The quantitative estimate of drug-likeness (QED) is 0.276. The molecule has 4 heterocycles. The molecule has 34 heavy (non-hydrogen) atoms. The number of imidazole rings is 1. The zero-order valence-corrected chi connectivity index (χ0v) is 20.7. The molecule has 3 aromatic rings. The largest absolute Gasteiger partial charge is 0.459 e. The third-order valence-electron chi connectivity index (χ3n) is 5.99. The number of ether oxygens (including phenoxy) is 1. The molecule has 2 bridgehead atoms. The summed E-state index contributed by atoms with van der Waals surface area (Å²) in [5.74, 6) is -0.818. The van der Waals surface area contributed by atoms with Gasteiger partial charge in [0.2, 0.25) is 0 Å². The lowest BCUT2D eigenvalue weighted by molar-refractivity contribution is -0.149. The maximum Gasteiger partial charge on any atom is 0.329 e. The predicted molar refractivity (Wildman–Crippen MR) is 126 cm³/mol. The maximum absolute atomic E-state index is 13.3. The van der Waals surface area contributed by atoms with Crippen LogP contribution < -0.4 is 0 Å². The molecule has 1 aromatic carbocycles. The Labute approximate surface area is 204 Å². The van der Waals surface area contributed by atoms with Gasteiger partial charge in [-0.15, -0.1) is 0 Å². The standard InChI is InChI=1S/C22H20BrN5O5S/c1-13-3-4-14(21(29)28-12-17-8-18(28)22(30)33-17)7-19(13)34(31,32)26(2)25-10-16-9-24-20-6-5-15(23)11-27(16)20/h3-7,9-11,17-18H,8,12H2,1-2H3/t17-,18-/m0/s1. The number of esters is 1. The van der Waals surface area contributed by atoms with Crippen LogP contribution in [0.25, 0.3) is 5.65 Å². The summed E-state index contributed by atoms with van der Waals surface area (Å²) in [5, 5.41) is 4.12. The highest BCUT2D eigenvalue weighted by Gasteiger charge is 2.48. The number of aryl methyl sites for hydroxylation is 1. The lowest BCUT2D eigenvalue weighted by Gasteiger charge is -2.26. The van der Waals surface area contributed by atoms with Crippen molar-refractivity contribution in [3.63, 3.8) is 0 Å². The van der Waals surface area contributed by atoms with Crippen LogP contribution in [0.2, 0.25) is 0 Å². The van der Waals surface area contributed by atoms with Crippen LogP contribution in [0.5, 0.6) is 0 Å². The number of hydrogen-bond acceptors (Lipinski definition) is 7. The molecule has 10 nitrogen and oxygen atoms in total. The predicted octanol–water partition coefficient (Wildman–Crippen LogP) is 2.20. The Morgan fingerprint density at radius 3 is 2.85 bits per heavy atom. The van der Waals surface area contributed by atoms with E-state index in [2.05, 4.69) is 26.0 Å². The van der Waals surface area contributed by atoms with E-state index >= 15 is 0 Å². The van der Waals surface area contributed by atoms with E-state index in [4.69, 9.17) is 4.74 Å². The van der Waals surface area contributed by atoms with Crippen molar-refractivity contribution in [1.29, 1.82) is 0 Å². The summed E-state index contributed by atoms with van der Waals surface area (Å²) in [6.45, 7) is 1.96. The Hall–Kier alpha value is -3.25. The second kappa shape index (κ2) is 8.20. The number of sulfonamides is 1. The first-order chi connectivity index (χ1) is 16.1. The van der Waals surface area contributed by atoms with Crippen LogP contribution in [0.3, 0.4) is 0 Å². The van der Waals surface area contributed by atoms with E-state index in [9.17, 15) is 18.0 Å². The summed E-state index contributed by atoms with van der Waals surface area (Å²) in [6.07, 6.45) is 4.97. The lowest BCUT2D eigenvalue weighted by atomic mass is 10.1. The van der Waals surface area contributed by atoms with Gasteiger partial charge < -0.3 is 9.64 Å². The van der Waals surface area contributed by atoms with Gasteiger partial charge in [0.15, 0.2) is 0 Å². The van der Waals surface area contributed by atoms with E-state index in [1.165, 1.54) is 24.2 Å². The highest BCUT2D eigenvalue weighted by atomic mass is 79.9. The number of amides is 1. The van der Waals surface area contributed by atoms with Gasteiger partial charge in [-0.25, -0.2) is 9.78 Å². The summed E-state index contributed by atoms with van der Waals surface area (Å²) < 4.78 is 35.2. The summed E-state index contributed by atoms with van der Waals surface area (Å²) in [6, 6.07) is 7.53. The van der Waals surface area contributed by atoms with E-state index in [-0.39, 0.29) is 16.6 Å². The number of pyridine rings is 1. The Kier molecular flexibility index (Phi) is 5.44. The monoisotopic (exact) mass is 545 g/mol. The number of nitrogens with zero attached hydrogens (tertiary/aromatic N) is 5. The number of morpholine rings is 1. The van der Waals surface area contributed by atoms with Crippen LogP contribution in [-0.2, 0) is 19.6 Å². The Morgan fingerprint density at radius 2 is 2.12 bits per heavy atom. The minimum atomic E-state index is -4.05. The normalized spacial score (nSPS) is 19.9. The van der Waals surface area contributed by atoms with Gasteiger partial charge in [0.25, 0.3) is 15.9 Å². The SMILES string of the molecule is Cc1ccc(C(=O)N2C[C@@H]3C[C@H]2C(=O)O3)cc1S(=O)(=O)N(C)N=Cc1cnc2ccc(Br)cn12. The fourth-order valence-corrected chi connectivity index (χ4v) is 5.71. The second-order valence-corrected chi connectivity index (χ2v) is 11.0. The number of rotatable bonds is 5. The summed E-state index contributed by atoms with van der Waals surface area (Å²) in [4.78, 5) is 30.6. The van der Waals surface area contributed by atoms with Crippen molar-refractivity contribution >= 4 is 49.7 Å². The molecule has 2 aromatic heterocycles. The number of halogens is 1. The lowest BCUT2D eigenvalue weighted by Crippen LogP contribution is -2.44. The number of benzene rings is 1. The van der Waals surface area contributed by atoms with Crippen molar-refractivity contribution in [2.24, 2.45) is 5.10 Å². The van der Waals surface area contributed by atoms with Crippen molar-refractivity contribution in [1.82, 2.24) is 18.7 Å². The molecule has 0 N–H and O–H groups in total. The fraction of sp³-hybridized carbons (Fsp3) is 0.273. The second-order valence-electron chi connectivity index (χ2n) is 8.19. The Balaban J connectivity index is 1.42. The molecule has 2 aliphatic heterocycles. The first kappa shape index (κ1) is 22.5. The number of aromatic nitrogens is 2. The van der Waals surface area contributed by atoms with E-state index in [1.54, 1.807) is 35.9 Å². The first-order valence-corrected chi connectivity index (χ1v) is 12.7. The van der Waals surface area contributed by atoms with Crippen molar-refractivity contribution in [3.05, 3.63) is 64.0 Å². The van der Waals surface area contributed by atoms with Crippen molar-refractivity contribution < 1.29 is 22.7 Å². The van der Waals surface area contributed by atoms with Crippen LogP contribution in [0.1, 0.15) is 28.0 Å². The molecule has 0 radical (unpaired) electrons. The van der Waals surface area contributed by atoms with Gasteiger partial charge in [-0.1, -0.05) is 6.07 Å². The van der Waals surface area contributed by atoms with Gasteiger partial charge in [0.1, 0.15) is 17.8 Å². The molecule has 2 atom stereocenters. The van der Waals surface area contributed by atoms with Gasteiger partial charge in [0, 0.05) is 29.7 Å².